The average molecular weight is 132 g/mol. The molecule has 5 N–H and O–H groups in total. The number of nitrogens with two attached hydrogens (primary N) is 1. The van der Waals surface area contributed by atoms with E-state index in [-0.39, 0.29) is 5.48 Å². The van der Waals surface area contributed by atoms with Gasteiger partial charge in [0.05, 0.1) is 0 Å². The molecule has 3 heteroatoms. The van der Waals surface area contributed by atoms with Crippen LogP contribution in [-0.4, -0.2) is 11.5 Å². The predicted octanol–water partition coefficient (Wildman–Crippen LogP) is -0.0423. The van der Waals surface area contributed by atoms with Gasteiger partial charge in [0.2, 0.25) is 0 Å². The zero-order valence-corrected chi connectivity index (χ0v) is 5.69. The molecule has 1 fully saturated rings. The van der Waals surface area contributed by atoms with Gasteiger partial charge in [-0.2, -0.15) is 0 Å². The Morgan fingerprint density at radius 3 is 2.00 bits per heavy atom. The van der Waals surface area contributed by atoms with E-state index in [1.165, 1.54) is 32.1 Å². The molecule has 0 atom stereocenters. The number of rotatable bonds is 1. The second-order valence-electron chi connectivity index (χ2n) is 2.50. The third-order valence-electron chi connectivity index (χ3n) is 1.84. The summed E-state index contributed by atoms with van der Waals surface area (Å²) in [5.41, 5.74) is 2.80. The summed E-state index contributed by atoms with van der Waals surface area (Å²) in [4.78, 5) is 0. The zero-order chi connectivity index (χ0) is 5.82. The predicted molar refractivity (Wildman–Crippen MR) is 37.8 cm³/mol. The second kappa shape index (κ2) is 4.73. The Balaban J connectivity index is 0.000000640. The maximum Gasteiger partial charge on any atom is 0.0210 e. The van der Waals surface area contributed by atoms with Crippen LogP contribution in [-0.2, 0) is 0 Å². The summed E-state index contributed by atoms with van der Waals surface area (Å²) in [7, 11) is 0. The topological polar surface area (TPSA) is 69.5 Å². The third kappa shape index (κ3) is 2.79. The Morgan fingerprint density at radius 1 is 1.11 bits per heavy atom. The van der Waals surface area contributed by atoms with E-state index in [1.54, 1.807) is 0 Å². The molecule has 1 aliphatic carbocycles. The van der Waals surface area contributed by atoms with Crippen molar-refractivity contribution in [3.8, 4) is 0 Å². The highest BCUT2D eigenvalue weighted by atomic mass is 16.0. The smallest absolute Gasteiger partial charge is 0.0210 e. The van der Waals surface area contributed by atoms with Gasteiger partial charge in [-0.25, -0.2) is 0 Å². The van der Waals surface area contributed by atoms with Crippen molar-refractivity contribution in [2.24, 2.45) is 5.84 Å². The first-order chi connectivity index (χ1) is 3.93. The molecule has 1 rings (SSSR count). The fraction of sp³-hybridized carbons (Fsp3) is 1.00. The molecule has 9 heavy (non-hydrogen) atoms. The average Bonchev–Trinajstić information content (AvgIpc) is 1.90. The molecule has 1 aliphatic rings. The largest absolute Gasteiger partial charge is 0.412 e. The maximum atomic E-state index is 5.25. The Bertz CT molecular complexity index is 62.1. The van der Waals surface area contributed by atoms with Gasteiger partial charge in [-0.05, 0) is 12.8 Å². The van der Waals surface area contributed by atoms with E-state index in [2.05, 4.69) is 5.43 Å². The van der Waals surface area contributed by atoms with Crippen LogP contribution in [0.4, 0.5) is 0 Å². The molecule has 0 bridgehead atoms. The van der Waals surface area contributed by atoms with Gasteiger partial charge in [-0.1, -0.05) is 19.3 Å². The second-order valence-corrected chi connectivity index (χ2v) is 2.50. The monoisotopic (exact) mass is 132 g/mol. The van der Waals surface area contributed by atoms with Crippen LogP contribution in [0.25, 0.3) is 0 Å². The van der Waals surface area contributed by atoms with Gasteiger partial charge in [0, 0.05) is 6.04 Å². The summed E-state index contributed by atoms with van der Waals surface area (Å²) in [6.07, 6.45) is 6.66. The van der Waals surface area contributed by atoms with Gasteiger partial charge in [0.1, 0.15) is 0 Å². The van der Waals surface area contributed by atoms with Gasteiger partial charge in [-0.3, -0.25) is 11.3 Å². The SMILES string of the molecule is NNC1CCCCC1.O. The molecular weight excluding hydrogens is 116 g/mol. The first kappa shape index (κ1) is 8.88. The highest BCUT2D eigenvalue weighted by Crippen LogP contribution is 2.16. The van der Waals surface area contributed by atoms with Crippen molar-refractivity contribution in [2.45, 2.75) is 38.1 Å². The molecule has 1 saturated carbocycles. The first-order valence-corrected chi connectivity index (χ1v) is 3.39. The highest BCUT2D eigenvalue weighted by Gasteiger charge is 2.09. The molecule has 3 nitrogen and oxygen atoms in total. The molecule has 56 valence electrons. The van der Waals surface area contributed by atoms with Crippen LogP contribution in [0.15, 0.2) is 0 Å². The van der Waals surface area contributed by atoms with E-state index in [9.17, 15) is 0 Å². The summed E-state index contributed by atoms with van der Waals surface area (Å²) in [6.45, 7) is 0. The fourth-order valence-corrected chi connectivity index (χ4v) is 1.27. The number of hydrogen-bond donors (Lipinski definition) is 2. The summed E-state index contributed by atoms with van der Waals surface area (Å²) in [5.74, 6) is 5.25. The molecule has 0 spiro atoms. The van der Waals surface area contributed by atoms with Crippen LogP contribution >= 0.6 is 0 Å². The summed E-state index contributed by atoms with van der Waals surface area (Å²) >= 11 is 0. The maximum absolute atomic E-state index is 5.25. The number of hydrogen-bond acceptors (Lipinski definition) is 2. The van der Waals surface area contributed by atoms with Crippen LogP contribution in [0.2, 0.25) is 0 Å². The minimum absolute atomic E-state index is 0. The Morgan fingerprint density at radius 2 is 1.67 bits per heavy atom. The van der Waals surface area contributed by atoms with Gasteiger partial charge in [0.25, 0.3) is 0 Å². The molecule has 0 aliphatic heterocycles. The molecule has 0 radical (unpaired) electrons. The Labute approximate surface area is 55.9 Å². The van der Waals surface area contributed by atoms with Crippen molar-refractivity contribution in [1.82, 2.24) is 5.43 Å². The molecule has 0 saturated heterocycles. The summed E-state index contributed by atoms with van der Waals surface area (Å²) in [6, 6.07) is 0.615. The number of nitrogens with one attached hydrogen (secondary N) is 1. The van der Waals surface area contributed by atoms with Crippen LogP contribution in [0.3, 0.4) is 0 Å². The van der Waals surface area contributed by atoms with Gasteiger partial charge in [-0.15, -0.1) is 0 Å². The van der Waals surface area contributed by atoms with Gasteiger partial charge in [0.15, 0.2) is 0 Å². The lowest BCUT2D eigenvalue weighted by Crippen LogP contribution is -2.36. The van der Waals surface area contributed by atoms with Gasteiger partial charge < -0.3 is 5.48 Å². The lowest BCUT2D eigenvalue weighted by atomic mass is 9.96. The normalized spacial score (nSPS) is 21.0. The van der Waals surface area contributed by atoms with Crippen molar-refractivity contribution in [1.29, 1.82) is 0 Å². The minimum Gasteiger partial charge on any atom is -0.412 e. The van der Waals surface area contributed by atoms with E-state index in [4.69, 9.17) is 5.84 Å². The molecule has 0 aromatic rings. The summed E-state index contributed by atoms with van der Waals surface area (Å²) in [5, 5.41) is 0. The Hall–Kier alpha value is -0.120. The van der Waals surface area contributed by atoms with Crippen LogP contribution in [0.1, 0.15) is 32.1 Å². The van der Waals surface area contributed by atoms with E-state index in [0.29, 0.717) is 6.04 Å². The molecule has 0 aromatic carbocycles. The fourth-order valence-electron chi connectivity index (χ4n) is 1.27. The van der Waals surface area contributed by atoms with E-state index >= 15 is 0 Å². The number of hydrazine groups is 1. The van der Waals surface area contributed by atoms with Crippen molar-refractivity contribution >= 4 is 0 Å². The molecule has 0 heterocycles. The van der Waals surface area contributed by atoms with Crippen LogP contribution in [0, 0.1) is 0 Å². The molecule has 0 unspecified atom stereocenters. The highest BCUT2D eigenvalue weighted by molar-refractivity contribution is 4.68. The van der Waals surface area contributed by atoms with Crippen LogP contribution in [0.5, 0.6) is 0 Å². The van der Waals surface area contributed by atoms with Crippen molar-refractivity contribution in [2.75, 3.05) is 0 Å². The van der Waals surface area contributed by atoms with Crippen molar-refractivity contribution < 1.29 is 5.48 Å². The Kier molecular flexibility index (Phi) is 4.67. The summed E-state index contributed by atoms with van der Waals surface area (Å²) < 4.78 is 0. The van der Waals surface area contributed by atoms with E-state index in [0.717, 1.165) is 0 Å². The van der Waals surface area contributed by atoms with E-state index in [1.807, 2.05) is 0 Å². The lowest BCUT2D eigenvalue weighted by molar-refractivity contribution is 0.379. The lowest BCUT2D eigenvalue weighted by Gasteiger charge is -2.19. The molecule has 0 amide bonds. The van der Waals surface area contributed by atoms with Crippen molar-refractivity contribution in [3.63, 3.8) is 0 Å². The zero-order valence-electron chi connectivity index (χ0n) is 5.69. The van der Waals surface area contributed by atoms with Crippen LogP contribution < -0.4 is 11.3 Å². The van der Waals surface area contributed by atoms with Gasteiger partial charge >= 0.3 is 0 Å². The van der Waals surface area contributed by atoms with Crippen molar-refractivity contribution in [3.05, 3.63) is 0 Å². The quantitative estimate of drug-likeness (QED) is 0.388. The standard InChI is InChI=1S/C6H14N2.H2O/c7-8-6-4-2-1-3-5-6;/h6,8H,1-5,7H2;1H2. The third-order valence-corrected chi connectivity index (χ3v) is 1.84. The minimum atomic E-state index is 0. The van der Waals surface area contributed by atoms with E-state index < -0.39 is 0 Å². The molecule has 0 aromatic heterocycles. The molecular formula is C6H16N2O. The first-order valence-electron chi connectivity index (χ1n) is 3.39.